The van der Waals surface area contributed by atoms with Gasteiger partial charge in [-0.25, -0.2) is 23.4 Å². The highest BCUT2D eigenvalue weighted by Gasteiger charge is 2.18. The molecule has 0 atom stereocenters. The van der Waals surface area contributed by atoms with E-state index in [1.165, 1.54) is 0 Å². The number of hydrogen-bond donors (Lipinski definition) is 1. The molecule has 150 valence electrons. The Morgan fingerprint density at radius 3 is 2.23 bits per heavy atom. The van der Waals surface area contributed by atoms with Gasteiger partial charge in [-0.2, -0.15) is 0 Å². The minimum atomic E-state index is -3.72. The topological polar surface area (TPSA) is 88.1 Å². The summed E-state index contributed by atoms with van der Waals surface area (Å²) < 4.78 is 28.2. The summed E-state index contributed by atoms with van der Waals surface area (Å²) >= 11 is 0. The van der Waals surface area contributed by atoms with Gasteiger partial charge in [-0.15, -0.1) is 0 Å². The molecular formula is C22H19N5O2S. The lowest BCUT2D eigenvalue weighted by molar-refractivity contribution is 0.601. The lowest BCUT2D eigenvalue weighted by atomic mass is 10.2. The first-order valence-corrected chi connectivity index (χ1v) is 10.7. The van der Waals surface area contributed by atoms with Crippen molar-refractivity contribution < 1.29 is 8.42 Å². The Morgan fingerprint density at radius 1 is 0.800 bits per heavy atom. The molecule has 8 heteroatoms. The summed E-state index contributed by atoms with van der Waals surface area (Å²) in [5, 5.41) is 0. The Hall–Kier alpha value is -3.78. The Morgan fingerprint density at radius 2 is 1.53 bits per heavy atom. The van der Waals surface area contributed by atoms with Gasteiger partial charge in [-0.3, -0.25) is 9.62 Å². The molecule has 0 radical (unpaired) electrons. The molecule has 30 heavy (non-hydrogen) atoms. The molecule has 0 spiro atoms. The molecule has 0 unspecified atom stereocenters. The molecule has 0 fully saturated rings. The van der Waals surface area contributed by atoms with E-state index in [4.69, 9.17) is 0 Å². The monoisotopic (exact) mass is 417 g/mol. The molecule has 2 aromatic carbocycles. The molecule has 0 aliphatic carbocycles. The first-order valence-electron chi connectivity index (χ1n) is 9.21. The molecule has 0 aliphatic heterocycles. The molecule has 2 aromatic heterocycles. The van der Waals surface area contributed by atoms with E-state index in [9.17, 15) is 8.42 Å². The zero-order valence-corrected chi connectivity index (χ0v) is 17.0. The molecule has 4 aromatic rings. The molecule has 2 heterocycles. The van der Waals surface area contributed by atoms with Crippen molar-refractivity contribution >= 4 is 33.2 Å². The number of pyridine rings is 1. The number of nitrogens with one attached hydrogen (secondary N) is 1. The molecule has 0 aliphatic rings. The van der Waals surface area contributed by atoms with Gasteiger partial charge in [0.2, 0.25) is 5.95 Å². The van der Waals surface area contributed by atoms with Crippen LogP contribution in [-0.4, -0.2) is 23.4 Å². The average Bonchev–Trinajstić information content (AvgIpc) is 2.76. The van der Waals surface area contributed by atoms with E-state index in [0.29, 0.717) is 23.1 Å². The van der Waals surface area contributed by atoms with Crippen LogP contribution >= 0.6 is 0 Å². The highest BCUT2D eigenvalue weighted by molar-refractivity contribution is 7.92. The lowest BCUT2D eigenvalue weighted by Crippen LogP contribution is -2.16. The van der Waals surface area contributed by atoms with Crippen LogP contribution in [0.4, 0.5) is 23.1 Å². The van der Waals surface area contributed by atoms with Gasteiger partial charge < -0.3 is 0 Å². The summed E-state index contributed by atoms with van der Waals surface area (Å²) in [6, 6.07) is 21.0. The Labute approximate surface area is 175 Å². The van der Waals surface area contributed by atoms with Crippen molar-refractivity contribution in [2.45, 2.75) is 11.8 Å². The minimum absolute atomic E-state index is 0.200. The number of hydrogen-bond acceptors (Lipinski definition) is 6. The fourth-order valence-corrected chi connectivity index (χ4v) is 3.93. The summed E-state index contributed by atoms with van der Waals surface area (Å²) in [6.07, 6.45) is 4.96. The maximum absolute atomic E-state index is 12.8. The van der Waals surface area contributed by atoms with Gasteiger partial charge in [-0.05, 0) is 55.5 Å². The number of aryl methyl sites for hydroxylation is 1. The summed E-state index contributed by atoms with van der Waals surface area (Å²) in [6.45, 7) is 1.91. The highest BCUT2D eigenvalue weighted by Crippen LogP contribution is 2.32. The van der Waals surface area contributed by atoms with E-state index in [1.807, 2.05) is 31.2 Å². The van der Waals surface area contributed by atoms with Crippen LogP contribution in [0.15, 0.2) is 96.3 Å². The summed E-state index contributed by atoms with van der Waals surface area (Å²) in [4.78, 5) is 15.0. The van der Waals surface area contributed by atoms with Crippen LogP contribution in [0, 0.1) is 6.92 Å². The van der Waals surface area contributed by atoms with Gasteiger partial charge in [0.15, 0.2) is 0 Å². The Kier molecular flexibility index (Phi) is 5.40. The molecular weight excluding hydrogens is 398 g/mol. The molecule has 7 nitrogen and oxygen atoms in total. The van der Waals surface area contributed by atoms with Gasteiger partial charge in [0, 0.05) is 18.6 Å². The van der Waals surface area contributed by atoms with E-state index in [1.54, 1.807) is 72.0 Å². The van der Waals surface area contributed by atoms with Crippen molar-refractivity contribution in [1.82, 2.24) is 15.0 Å². The van der Waals surface area contributed by atoms with Crippen LogP contribution in [0.3, 0.4) is 0 Å². The number of rotatable bonds is 6. The largest absolute Gasteiger partial charge is 0.280 e. The van der Waals surface area contributed by atoms with E-state index in [0.717, 1.165) is 5.56 Å². The van der Waals surface area contributed by atoms with Crippen molar-refractivity contribution in [1.29, 1.82) is 0 Å². The van der Waals surface area contributed by atoms with Crippen molar-refractivity contribution in [3.63, 3.8) is 0 Å². The second-order valence-corrected chi connectivity index (χ2v) is 8.22. The SMILES string of the molecule is Cc1ccc(S(=O)(=O)Nc2cccc(N(c3ccccn3)c3ncccn3)c2)cc1. The number of aromatic nitrogens is 3. The first kappa shape index (κ1) is 19.5. The number of sulfonamides is 1. The summed E-state index contributed by atoms with van der Waals surface area (Å²) in [5.41, 5.74) is 2.08. The minimum Gasteiger partial charge on any atom is -0.280 e. The third-order valence-electron chi connectivity index (χ3n) is 4.32. The number of nitrogens with zero attached hydrogens (tertiary/aromatic N) is 4. The fraction of sp³-hybridized carbons (Fsp3) is 0.0455. The van der Waals surface area contributed by atoms with Crippen LogP contribution < -0.4 is 9.62 Å². The van der Waals surface area contributed by atoms with Crippen LogP contribution in [-0.2, 0) is 10.0 Å². The first-order chi connectivity index (χ1) is 14.5. The van der Waals surface area contributed by atoms with Crippen molar-refractivity contribution in [3.8, 4) is 0 Å². The second-order valence-electron chi connectivity index (χ2n) is 6.54. The van der Waals surface area contributed by atoms with Crippen molar-refractivity contribution in [3.05, 3.63) is 97.0 Å². The van der Waals surface area contributed by atoms with E-state index >= 15 is 0 Å². The quantitative estimate of drug-likeness (QED) is 0.499. The van der Waals surface area contributed by atoms with Crippen LogP contribution in [0.5, 0.6) is 0 Å². The van der Waals surface area contributed by atoms with Gasteiger partial charge in [0.05, 0.1) is 16.3 Å². The molecule has 4 rings (SSSR count). The van der Waals surface area contributed by atoms with Crippen LogP contribution in [0.25, 0.3) is 0 Å². The van der Waals surface area contributed by atoms with Crippen LogP contribution in [0.2, 0.25) is 0 Å². The smallest absolute Gasteiger partial charge is 0.261 e. The third kappa shape index (κ3) is 4.28. The zero-order valence-electron chi connectivity index (χ0n) is 16.2. The highest BCUT2D eigenvalue weighted by atomic mass is 32.2. The zero-order chi connectivity index (χ0) is 21.0. The normalized spacial score (nSPS) is 11.1. The van der Waals surface area contributed by atoms with E-state index in [-0.39, 0.29) is 4.90 Å². The maximum atomic E-state index is 12.8. The molecule has 0 saturated heterocycles. The summed E-state index contributed by atoms with van der Waals surface area (Å²) in [5.74, 6) is 1.04. The number of benzene rings is 2. The Bertz CT molecular complexity index is 1190. The maximum Gasteiger partial charge on any atom is 0.261 e. The fourth-order valence-electron chi connectivity index (χ4n) is 2.88. The van der Waals surface area contributed by atoms with Gasteiger partial charge in [0.25, 0.3) is 10.0 Å². The van der Waals surface area contributed by atoms with E-state index < -0.39 is 10.0 Å². The summed E-state index contributed by atoms with van der Waals surface area (Å²) in [7, 11) is -3.72. The predicted molar refractivity (Wildman–Crippen MR) is 116 cm³/mol. The Balaban J connectivity index is 1.71. The molecule has 0 amide bonds. The molecule has 0 saturated carbocycles. The van der Waals surface area contributed by atoms with Crippen molar-refractivity contribution in [2.24, 2.45) is 0 Å². The van der Waals surface area contributed by atoms with Gasteiger partial charge >= 0.3 is 0 Å². The third-order valence-corrected chi connectivity index (χ3v) is 5.72. The molecule has 1 N–H and O–H groups in total. The lowest BCUT2D eigenvalue weighted by Gasteiger charge is -2.22. The van der Waals surface area contributed by atoms with E-state index in [2.05, 4.69) is 19.7 Å². The number of anilines is 4. The predicted octanol–water partition coefficient (Wildman–Crippen LogP) is 4.45. The standard InChI is InChI=1S/C22H19N5O2S/c1-17-9-11-20(12-10-17)30(28,29)26-18-6-4-7-19(16-18)27(21-8-2-3-13-23-21)22-24-14-5-15-25-22/h2-16,26H,1H3. The van der Waals surface area contributed by atoms with Crippen molar-refractivity contribution in [2.75, 3.05) is 9.62 Å². The molecule has 0 bridgehead atoms. The second kappa shape index (κ2) is 8.30. The average molecular weight is 417 g/mol. The van der Waals surface area contributed by atoms with Gasteiger partial charge in [0.1, 0.15) is 5.82 Å². The van der Waals surface area contributed by atoms with Gasteiger partial charge in [-0.1, -0.05) is 29.8 Å². The van der Waals surface area contributed by atoms with Crippen LogP contribution in [0.1, 0.15) is 5.56 Å².